The minimum atomic E-state index is -0.408. The molecule has 7 nitrogen and oxygen atoms in total. The first-order chi connectivity index (χ1) is 12.6. The van der Waals surface area contributed by atoms with E-state index < -0.39 is 5.54 Å². The molecule has 2 aromatic heterocycles. The van der Waals surface area contributed by atoms with E-state index in [1.165, 1.54) is 0 Å². The van der Waals surface area contributed by atoms with Crippen LogP contribution in [0.25, 0.3) is 10.6 Å². The van der Waals surface area contributed by atoms with Crippen LogP contribution in [-0.4, -0.2) is 29.3 Å². The number of methoxy groups -OCH3 is 2. The summed E-state index contributed by atoms with van der Waals surface area (Å²) in [5, 5.41) is 6.94. The van der Waals surface area contributed by atoms with Crippen molar-refractivity contribution in [2.75, 3.05) is 14.2 Å². The molecule has 1 aliphatic carbocycles. The highest BCUT2D eigenvalue weighted by Crippen LogP contribution is 2.37. The molecule has 0 amide bonds. The van der Waals surface area contributed by atoms with E-state index in [4.69, 9.17) is 19.7 Å². The molecule has 0 spiro atoms. The summed E-state index contributed by atoms with van der Waals surface area (Å²) in [6.07, 6.45) is 3.42. The molecule has 2 heterocycles. The third-order valence-electron chi connectivity index (χ3n) is 4.67. The fourth-order valence-corrected chi connectivity index (χ4v) is 3.77. The molecule has 0 unspecified atom stereocenters. The maximum absolute atomic E-state index is 6.24. The molecule has 0 radical (unpaired) electrons. The van der Waals surface area contributed by atoms with Gasteiger partial charge in [-0.2, -0.15) is 4.98 Å². The molecule has 1 saturated carbocycles. The normalized spacial score (nSPS) is 14.9. The molecule has 9 heteroatoms. The van der Waals surface area contributed by atoms with Crippen molar-refractivity contribution in [2.24, 2.45) is 5.73 Å². The summed E-state index contributed by atoms with van der Waals surface area (Å²) in [6, 6.07) is 5.75. The van der Waals surface area contributed by atoms with Crippen LogP contribution in [0.5, 0.6) is 11.5 Å². The standard InChI is InChI=1S/C18H20N4O3S.ClH/c1-23-13-5-4-11(8-14(13)24-2)16-20-12(10-26-16)9-15-21-17(22-25-15)18(19)6-3-7-18;/h4-5,8,10H,3,6-7,9,19H2,1-2H3;1H. The number of ether oxygens (including phenoxy) is 2. The SMILES string of the molecule is COc1ccc(-c2nc(Cc3nc(C4(N)CCC4)no3)cs2)cc1OC.Cl. The van der Waals surface area contributed by atoms with Crippen molar-refractivity contribution in [3.63, 3.8) is 0 Å². The molecular formula is C18H21ClN4O3S. The average molecular weight is 409 g/mol. The Morgan fingerprint density at radius 2 is 1.96 bits per heavy atom. The summed E-state index contributed by atoms with van der Waals surface area (Å²) in [5.74, 6) is 2.52. The summed E-state index contributed by atoms with van der Waals surface area (Å²) in [4.78, 5) is 9.13. The van der Waals surface area contributed by atoms with Gasteiger partial charge in [-0.3, -0.25) is 0 Å². The lowest BCUT2D eigenvalue weighted by Crippen LogP contribution is -2.44. The van der Waals surface area contributed by atoms with Crippen LogP contribution in [0.1, 0.15) is 36.7 Å². The number of hydrogen-bond acceptors (Lipinski definition) is 8. The van der Waals surface area contributed by atoms with Gasteiger partial charge in [0.05, 0.1) is 31.9 Å². The zero-order chi connectivity index (χ0) is 18.1. The number of aromatic nitrogens is 3. The van der Waals surface area contributed by atoms with Gasteiger partial charge in [0, 0.05) is 10.9 Å². The maximum Gasteiger partial charge on any atom is 0.232 e. The van der Waals surface area contributed by atoms with Crippen molar-refractivity contribution >= 4 is 23.7 Å². The van der Waals surface area contributed by atoms with Crippen molar-refractivity contribution in [2.45, 2.75) is 31.2 Å². The molecule has 2 N–H and O–H groups in total. The highest BCUT2D eigenvalue weighted by Gasteiger charge is 2.38. The fraction of sp³-hybridized carbons (Fsp3) is 0.389. The third-order valence-corrected chi connectivity index (χ3v) is 5.61. The topological polar surface area (TPSA) is 96.3 Å². The second kappa shape index (κ2) is 7.84. The number of nitrogens with zero attached hydrogens (tertiary/aromatic N) is 3. The lowest BCUT2D eigenvalue weighted by atomic mass is 9.77. The Kier molecular flexibility index (Phi) is 5.69. The first-order valence-corrected chi connectivity index (χ1v) is 9.28. The minimum absolute atomic E-state index is 0. The molecule has 0 bridgehead atoms. The molecule has 0 aliphatic heterocycles. The second-order valence-corrected chi connectivity index (χ2v) is 7.27. The zero-order valence-corrected chi connectivity index (χ0v) is 16.7. The highest BCUT2D eigenvalue weighted by molar-refractivity contribution is 7.13. The van der Waals surface area contributed by atoms with Crippen LogP contribution < -0.4 is 15.2 Å². The summed E-state index contributed by atoms with van der Waals surface area (Å²) >= 11 is 1.56. The Balaban J connectivity index is 0.00000210. The molecule has 1 aromatic carbocycles. The third kappa shape index (κ3) is 3.78. The molecule has 0 saturated heterocycles. The number of benzene rings is 1. The number of rotatable bonds is 6. The van der Waals surface area contributed by atoms with Crippen LogP contribution in [0, 0.1) is 0 Å². The molecule has 144 valence electrons. The quantitative estimate of drug-likeness (QED) is 0.665. The van der Waals surface area contributed by atoms with Crippen LogP contribution in [0.4, 0.5) is 0 Å². The smallest absolute Gasteiger partial charge is 0.232 e. The molecule has 27 heavy (non-hydrogen) atoms. The number of halogens is 1. The number of thiazole rings is 1. The van der Waals surface area contributed by atoms with Crippen LogP contribution in [0.15, 0.2) is 28.1 Å². The van der Waals surface area contributed by atoms with Crippen molar-refractivity contribution in [3.8, 4) is 22.1 Å². The Hall–Kier alpha value is -2.16. The van der Waals surface area contributed by atoms with Crippen LogP contribution in [0.3, 0.4) is 0 Å². The summed E-state index contributed by atoms with van der Waals surface area (Å²) in [7, 11) is 3.24. The monoisotopic (exact) mass is 408 g/mol. The second-order valence-electron chi connectivity index (χ2n) is 6.41. The van der Waals surface area contributed by atoms with E-state index in [1.807, 2.05) is 23.6 Å². The van der Waals surface area contributed by atoms with E-state index >= 15 is 0 Å². The van der Waals surface area contributed by atoms with Gasteiger partial charge < -0.3 is 19.7 Å². The van der Waals surface area contributed by atoms with E-state index in [9.17, 15) is 0 Å². The van der Waals surface area contributed by atoms with Gasteiger partial charge in [0.15, 0.2) is 17.3 Å². The highest BCUT2D eigenvalue weighted by atomic mass is 35.5. The van der Waals surface area contributed by atoms with Gasteiger partial charge in [0.25, 0.3) is 0 Å². The first-order valence-electron chi connectivity index (χ1n) is 8.40. The molecule has 0 atom stereocenters. The van der Waals surface area contributed by atoms with Gasteiger partial charge in [-0.25, -0.2) is 4.98 Å². The summed E-state index contributed by atoms with van der Waals surface area (Å²) < 4.78 is 16.0. The molecule has 1 fully saturated rings. The van der Waals surface area contributed by atoms with E-state index in [2.05, 4.69) is 15.1 Å². The number of hydrogen-bond donors (Lipinski definition) is 1. The molecule has 1 aliphatic rings. The van der Waals surface area contributed by atoms with Crippen molar-refractivity contribution < 1.29 is 14.0 Å². The van der Waals surface area contributed by atoms with E-state index in [0.717, 1.165) is 35.5 Å². The van der Waals surface area contributed by atoms with Crippen molar-refractivity contribution in [3.05, 3.63) is 41.0 Å². The Bertz CT molecular complexity index is 923. The van der Waals surface area contributed by atoms with Gasteiger partial charge >= 0.3 is 0 Å². The van der Waals surface area contributed by atoms with E-state index in [0.29, 0.717) is 29.6 Å². The summed E-state index contributed by atoms with van der Waals surface area (Å²) in [6.45, 7) is 0. The minimum Gasteiger partial charge on any atom is -0.493 e. The Morgan fingerprint density at radius 3 is 2.63 bits per heavy atom. The van der Waals surface area contributed by atoms with Crippen LogP contribution >= 0.6 is 23.7 Å². The number of nitrogens with two attached hydrogens (primary N) is 1. The van der Waals surface area contributed by atoms with Crippen molar-refractivity contribution in [1.29, 1.82) is 0 Å². The average Bonchev–Trinajstić information content (AvgIpc) is 3.29. The maximum atomic E-state index is 6.24. The lowest BCUT2D eigenvalue weighted by molar-refractivity contribution is 0.229. The van der Waals surface area contributed by atoms with Crippen LogP contribution in [-0.2, 0) is 12.0 Å². The van der Waals surface area contributed by atoms with Crippen LogP contribution in [0.2, 0.25) is 0 Å². The largest absolute Gasteiger partial charge is 0.493 e. The predicted molar refractivity (Wildman–Crippen MR) is 105 cm³/mol. The zero-order valence-electron chi connectivity index (χ0n) is 15.1. The van der Waals surface area contributed by atoms with Gasteiger partial charge in [-0.1, -0.05) is 5.16 Å². The summed E-state index contributed by atoms with van der Waals surface area (Å²) in [5.41, 5.74) is 7.69. The Labute approximate surface area is 167 Å². The molecular weight excluding hydrogens is 388 g/mol. The van der Waals surface area contributed by atoms with Gasteiger partial charge in [-0.15, -0.1) is 23.7 Å². The van der Waals surface area contributed by atoms with Crippen molar-refractivity contribution in [1.82, 2.24) is 15.1 Å². The van der Waals surface area contributed by atoms with E-state index in [-0.39, 0.29) is 12.4 Å². The van der Waals surface area contributed by atoms with Gasteiger partial charge in [-0.05, 0) is 37.5 Å². The van der Waals surface area contributed by atoms with Gasteiger partial charge in [0.1, 0.15) is 5.01 Å². The van der Waals surface area contributed by atoms with Gasteiger partial charge in [0.2, 0.25) is 5.89 Å². The first kappa shape index (κ1) is 19.6. The molecule has 3 aromatic rings. The Morgan fingerprint density at radius 1 is 1.19 bits per heavy atom. The molecule has 4 rings (SSSR count). The predicted octanol–water partition coefficient (Wildman–Crippen LogP) is 3.56. The fourth-order valence-electron chi connectivity index (χ4n) is 2.96. The van der Waals surface area contributed by atoms with E-state index in [1.54, 1.807) is 25.6 Å². The lowest BCUT2D eigenvalue weighted by Gasteiger charge is -2.34.